The molecule has 2 amide bonds. The van der Waals surface area contributed by atoms with Gasteiger partial charge in [0.25, 0.3) is 0 Å². The Bertz CT molecular complexity index is 1030. The van der Waals surface area contributed by atoms with Crippen molar-refractivity contribution in [1.29, 1.82) is 0 Å². The lowest BCUT2D eigenvalue weighted by molar-refractivity contribution is 0.0526. The van der Waals surface area contributed by atoms with Crippen molar-refractivity contribution in [3.05, 3.63) is 65.7 Å². The van der Waals surface area contributed by atoms with Gasteiger partial charge in [-0.3, -0.25) is 0 Å². The topological polar surface area (TPSA) is 96.0 Å². The van der Waals surface area contributed by atoms with Crippen molar-refractivity contribution in [2.45, 2.75) is 37.6 Å². The number of carbonyl (C=O) groups excluding carboxylic acids is 2. The smallest absolute Gasteiger partial charge is 0.338 e. The summed E-state index contributed by atoms with van der Waals surface area (Å²) >= 11 is 0. The SMILES string of the molecule is CCOC(=O)c1ccc(S(=O)(=O)N2CCN(C(=O)NC(C)CCc3ccccc3)CC2)cc1. The number of aryl methyl sites for hydroxylation is 1. The van der Waals surface area contributed by atoms with E-state index < -0.39 is 16.0 Å². The first-order valence-corrected chi connectivity index (χ1v) is 12.6. The van der Waals surface area contributed by atoms with Gasteiger partial charge in [0.05, 0.1) is 17.1 Å². The Morgan fingerprint density at radius 1 is 1.00 bits per heavy atom. The van der Waals surface area contributed by atoms with Crippen molar-refractivity contribution in [2.24, 2.45) is 0 Å². The van der Waals surface area contributed by atoms with Gasteiger partial charge in [-0.05, 0) is 56.5 Å². The number of ether oxygens (including phenoxy) is 1. The van der Waals surface area contributed by atoms with E-state index >= 15 is 0 Å². The number of hydrogen-bond acceptors (Lipinski definition) is 5. The van der Waals surface area contributed by atoms with Crippen molar-refractivity contribution in [2.75, 3.05) is 32.8 Å². The molecule has 0 spiro atoms. The van der Waals surface area contributed by atoms with Crippen LogP contribution in [0, 0.1) is 0 Å². The first-order valence-electron chi connectivity index (χ1n) is 11.2. The summed E-state index contributed by atoms with van der Waals surface area (Å²) in [4.78, 5) is 26.1. The molecule has 178 valence electrons. The minimum absolute atomic E-state index is 0.0115. The van der Waals surface area contributed by atoms with E-state index in [2.05, 4.69) is 17.4 Å². The summed E-state index contributed by atoms with van der Waals surface area (Å²) in [6.45, 7) is 5.00. The second-order valence-electron chi connectivity index (χ2n) is 8.01. The Hall–Kier alpha value is -2.91. The van der Waals surface area contributed by atoms with Crippen LogP contribution in [-0.2, 0) is 21.2 Å². The van der Waals surface area contributed by atoms with Gasteiger partial charge < -0.3 is 15.0 Å². The summed E-state index contributed by atoms with van der Waals surface area (Å²) in [5.41, 5.74) is 1.53. The Labute approximate surface area is 195 Å². The van der Waals surface area contributed by atoms with Crippen LogP contribution in [0.15, 0.2) is 59.5 Å². The number of rotatable bonds is 8. The maximum Gasteiger partial charge on any atom is 0.338 e. The standard InChI is InChI=1S/C24H31N3O5S/c1-3-32-23(28)21-11-13-22(14-12-21)33(30,31)27-17-15-26(16-18-27)24(29)25-19(2)9-10-20-7-5-4-6-8-20/h4-8,11-14,19H,3,9-10,15-18H2,1-2H3,(H,25,29). The summed E-state index contributed by atoms with van der Waals surface area (Å²) in [7, 11) is -3.71. The lowest BCUT2D eigenvalue weighted by atomic mass is 10.1. The van der Waals surface area contributed by atoms with Crippen molar-refractivity contribution >= 4 is 22.0 Å². The van der Waals surface area contributed by atoms with Gasteiger partial charge in [0.15, 0.2) is 0 Å². The molecule has 1 unspecified atom stereocenters. The van der Waals surface area contributed by atoms with Gasteiger partial charge in [0, 0.05) is 32.2 Å². The quantitative estimate of drug-likeness (QED) is 0.595. The highest BCUT2D eigenvalue weighted by Crippen LogP contribution is 2.19. The van der Waals surface area contributed by atoms with Gasteiger partial charge >= 0.3 is 12.0 Å². The first-order chi connectivity index (χ1) is 15.8. The molecule has 0 saturated carbocycles. The average Bonchev–Trinajstić information content (AvgIpc) is 2.83. The number of amides is 2. The maximum absolute atomic E-state index is 13.0. The summed E-state index contributed by atoms with van der Waals surface area (Å²) in [5, 5.41) is 3.01. The van der Waals surface area contributed by atoms with Gasteiger partial charge in [-0.1, -0.05) is 30.3 Å². The zero-order valence-electron chi connectivity index (χ0n) is 19.1. The van der Waals surface area contributed by atoms with Crippen LogP contribution in [-0.4, -0.2) is 68.5 Å². The molecule has 1 aliphatic rings. The zero-order chi connectivity index (χ0) is 23.8. The number of nitrogens with zero attached hydrogens (tertiary/aromatic N) is 2. The van der Waals surface area contributed by atoms with Crippen LogP contribution in [0.5, 0.6) is 0 Å². The molecule has 9 heteroatoms. The summed E-state index contributed by atoms with van der Waals surface area (Å²) in [6, 6.07) is 15.7. The number of carbonyl (C=O) groups is 2. The second-order valence-corrected chi connectivity index (χ2v) is 9.95. The van der Waals surface area contributed by atoms with E-state index in [9.17, 15) is 18.0 Å². The van der Waals surface area contributed by atoms with Crippen LogP contribution in [0.3, 0.4) is 0 Å². The van der Waals surface area contributed by atoms with Gasteiger partial charge in [-0.15, -0.1) is 0 Å². The summed E-state index contributed by atoms with van der Waals surface area (Å²) in [5.74, 6) is -0.487. The van der Waals surface area contributed by atoms with E-state index in [-0.39, 0.29) is 36.7 Å². The molecule has 0 aliphatic carbocycles. The molecule has 33 heavy (non-hydrogen) atoms. The fourth-order valence-electron chi connectivity index (χ4n) is 3.66. The highest BCUT2D eigenvalue weighted by Gasteiger charge is 2.30. The molecule has 0 radical (unpaired) electrons. The molecule has 1 saturated heterocycles. The molecule has 3 rings (SSSR count). The molecule has 0 bridgehead atoms. The Morgan fingerprint density at radius 2 is 1.64 bits per heavy atom. The Kier molecular flexibility index (Phi) is 8.46. The number of piperazine rings is 1. The third-order valence-electron chi connectivity index (χ3n) is 5.61. The summed E-state index contributed by atoms with van der Waals surface area (Å²) in [6.07, 6.45) is 1.70. The third-order valence-corrected chi connectivity index (χ3v) is 7.52. The number of urea groups is 1. The minimum Gasteiger partial charge on any atom is -0.462 e. The number of nitrogens with one attached hydrogen (secondary N) is 1. The number of sulfonamides is 1. The van der Waals surface area contributed by atoms with Crippen LogP contribution in [0.1, 0.15) is 36.2 Å². The van der Waals surface area contributed by atoms with Crippen LogP contribution in [0.4, 0.5) is 4.79 Å². The van der Waals surface area contributed by atoms with Gasteiger partial charge in [0.1, 0.15) is 0 Å². The first kappa shape index (κ1) is 24.7. The highest BCUT2D eigenvalue weighted by atomic mass is 32.2. The highest BCUT2D eigenvalue weighted by molar-refractivity contribution is 7.89. The predicted octanol–water partition coefficient (Wildman–Crippen LogP) is 2.90. The monoisotopic (exact) mass is 473 g/mol. The van der Waals surface area contributed by atoms with E-state index in [0.717, 1.165) is 12.8 Å². The van der Waals surface area contributed by atoms with E-state index in [1.165, 1.54) is 34.1 Å². The number of esters is 1. The van der Waals surface area contributed by atoms with Crippen molar-refractivity contribution in [1.82, 2.24) is 14.5 Å². The van der Waals surface area contributed by atoms with E-state index in [4.69, 9.17) is 4.74 Å². The van der Waals surface area contributed by atoms with Crippen LogP contribution in [0.2, 0.25) is 0 Å². The fourth-order valence-corrected chi connectivity index (χ4v) is 5.08. The number of benzene rings is 2. The molecule has 0 aromatic heterocycles. The predicted molar refractivity (Wildman–Crippen MR) is 125 cm³/mol. The Balaban J connectivity index is 1.49. The molecular weight excluding hydrogens is 442 g/mol. The molecular formula is C24H31N3O5S. The fraction of sp³-hybridized carbons (Fsp3) is 0.417. The van der Waals surface area contributed by atoms with Crippen molar-refractivity contribution < 1.29 is 22.7 Å². The molecule has 2 aromatic carbocycles. The van der Waals surface area contributed by atoms with Crippen molar-refractivity contribution in [3.63, 3.8) is 0 Å². The second kappa shape index (κ2) is 11.3. The molecule has 1 atom stereocenters. The minimum atomic E-state index is -3.71. The molecule has 1 N–H and O–H groups in total. The molecule has 2 aromatic rings. The van der Waals surface area contributed by atoms with Gasteiger partial charge in [-0.25, -0.2) is 18.0 Å². The third kappa shape index (κ3) is 6.55. The maximum atomic E-state index is 13.0. The lowest BCUT2D eigenvalue weighted by Crippen LogP contribution is -2.54. The zero-order valence-corrected chi connectivity index (χ0v) is 19.9. The van der Waals surface area contributed by atoms with Crippen LogP contribution in [0.25, 0.3) is 0 Å². The van der Waals surface area contributed by atoms with E-state index in [1.807, 2.05) is 25.1 Å². The van der Waals surface area contributed by atoms with E-state index in [0.29, 0.717) is 18.7 Å². The van der Waals surface area contributed by atoms with Crippen LogP contribution < -0.4 is 5.32 Å². The molecule has 8 nitrogen and oxygen atoms in total. The van der Waals surface area contributed by atoms with E-state index in [1.54, 1.807) is 11.8 Å². The van der Waals surface area contributed by atoms with Gasteiger partial charge in [-0.2, -0.15) is 4.31 Å². The molecule has 1 aliphatic heterocycles. The molecule has 1 fully saturated rings. The van der Waals surface area contributed by atoms with Crippen LogP contribution >= 0.6 is 0 Å². The van der Waals surface area contributed by atoms with Gasteiger partial charge in [0.2, 0.25) is 10.0 Å². The number of hydrogen-bond donors (Lipinski definition) is 1. The lowest BCUT2D eigenvalue weighted by Gasteiger charge is -2.34. The Morgan fingerprint density at radius 3 is 2.24 bits per heavy atom. The summed E-state index contributed by atoms with van der Waals surface area (Å²) < 4.78 is 32.2. The average molecular weight is 474 g/mol. The largest absolute Gasteiger partial charge is 0.462 e. The molecule has 1 heterocycles. The normalized spacial score (nSPS) is 15.6. The van der Waals surface area contributed by atoms with Crippen molar-refractivity contribution in [3.8, 4) is 0 Å².